The van der Waals surface area contributed by atoms with E-state index in [1.165, 1.54) is 0 Å². The lowest BCUT2D eigenvalue weighted by atomic mass is 10.2. The third-order valence-corrected chi connectivity index (χ3v) is 5.68. The molecule has 0 fully saturated rings. The van der Waals surface area contributed by atoms with E-state index in [4.69, 9.17) is 18.9 Å². The van der Waals surface area contributed by atoms with E-state index in [2.05, 4.69) is 0 Å². The second kappa shape index (κ2) is 7.50. The Hall–Kier alpha value is -0.260. The van der Waals surface area contributed by atoms with Gasteiger partial charge in [0.15, 0.2) is 0 Å². The van der Waals surface area contributed by atoms with Crippen molar-refractivity contribution < 1.29 is 35.8 Å². The number of aliphatic hydroxyl groups is 1. The highest BCUT2D eigenvalue weighted by molar-refractivity contribution is 8.04. The summed E-state index contributed by atoms with van der Waals surface area (Å²) in [6.45, 7) is 2.53. The Kier molecular flexibility index (Phi) is 7.40. The van der Waals surface area contributed by atoms with Gasteiger partial charge in [-0.2, -0.15) is 16.8 Å². The first-order chi connectivity index (χ1) is 8.54. The first-order valence-electron chi connectivity index (χ1n) is 5.73. The molecule has 0 aromatic heterocycles. The Morgan fingerprint density at radius 1 is 1.11 bits per heavy atom. The van der Waals surface area contributed by atoms with Gasteiger partial charge in [0.05, 0.1) is 12.7 Å². The minimum atomic E-state index is -5.12. The van der Waals surface area contributed by atoms with Crippen LogP contribution in [0.1, 0.15) is 33.1 Å². The first-order valence-corrected chi connectivity index (χ1v) is 8.73. The summed E-state index contributed by atoms with van der Waals surface area (Å²) in [5.41, 5.74) is 0. The smallest absolute Gasteiger partial charge is 0.287 e. The van der Waals surface area contributed by atoms with Crippen LogP contribution in [0, 0.1) is 0 Å². The van der Waals surface area contributed by atoms with Crippen molar-refractivity contribution in [2.45, 2.75) is 49.9 Å². The van der Waals surface area contributed by atoms with Crippen LogP contribution in [0.2, 0.25) is 0 Å². The maximum atomic E-state index is 11.0. The lowest BCUT2D eigenvalue weighted by Gasteiger charge is -2.24. The van der Waals surface area contributed by atoms with Crippen molar-refractivity contribution in [3.63, 3.8) is 0 Å². The summed E-state index contributed by atoms with van der Waals surface area (Å²) in [5.74, 6) is 0. The SMILES string of the molecule is CCCCC(C)OC(CO)C(S(=O)(=O)O)S(=O)(=O)O. The molecule has 0 aromatic rings. The second-order valence-electron chi connectivity index (χ2n) is 4.21. The van der Waals surface area contributed by atoms with Gasteiger partial charge >= 0.3 is 0 Å². The largest absolute Gasteiger partial charge is 0.394 e. The van der Waals surface area contributed by atoms with E-state index >= 15 is 0 Å². The minimum absolute atomic E-state index is 0.524. The number of rotatable bonds is 9. The summed E-state index contributed by atoms with van der Waals surface area (Å²) >= 11 is 0. The summed E-state index contributed by atoms with van der Waals surface area (Å²) in [5, 5.41) is 9.02. The molecule has 0 amide bonds. The summed E-state index contributed by atoms with van der Waals surface area (Å²) in [7, 11) is -10.2. The summed E-state index contributed by atoms with van der Waals surface area (Å²) in [6, 6.07) is 0. The van der Waals surface area contributed by atoms with E-state index in [0.717, 1.165) is 12.8 Å². The third kappa shape index (κ3) is 6.63. The Morgan fingerprint density at radius 2 is 1.58 bits per heavy atom. The van der Waals surface area contributed by atoms with Gasteiger partial charge in [0.2, 0.25) is 4.58 Å². The first kappa shape index (κ1) is 18.7. The molecule has 2 unspecified atom stereocenters. The Labute approximate surface area is 113 Å². The van der Waals surface area contributed by atoms with Gasteiger partial charge in [-0.05, 0) is 13.3 Å². The standard InChI is InChI=1S/C9H20O8S2/c1-3-4-5-7(2)17-8(6-10)9(18(11,12)13)19(14,15)16/h7-10H,3-6H2,1-2H3,(H,11,12,13)(H,14,15,16). The Morgan fingerprint density at radius 3 is 1.89 bits per heavy atom. The topological polar surface area (TPSA) is 138 Å². The molecule has 0 aliphatic carbocycles. The molecule has 0 heterocycles. The van der Waals surface area contributed by atoms with Gasteiger partial charge in [-0.25, -0.2) is 0 Å². The van der Waals surface area contributed by atoms with Crippen LogP contribution in [-0.4, -0.2) is 54.4 Å². The molecule has 0 bridgehead atoms. The van der Waals surface area contributed by atoms with Crippen molar-refractivity contribution in [2.75, 3.05) is 6.61 Å². The summed E-state index contributed by atoms with van der Waals surface area (Å²) in [6.07, 6.45) is -0.129. The molecule has 0 rings (SSSR count). The molecular weight excluding hydrogens is 300 g/mol. The fourth-order valence-corrected chi connectivity index (χ4v) is 3.89. The van der Waals surface area contributed by atoms with Crippen molar-refractivity contribution >= 4 is 20.2 Å². The van der Waals surface area contributed by atoms with Crippen LogP contribution < -0.4 is 0 Å². The molecule has 3 N–H and O–H groups in total. The van der Waals surface area contributed by atoms with Crippen LogP contribution >= 0.6 is 0 Å². The van der Waals surface area contributed by atoms with Crippen LogP contribution in [0.4, 0.5) is 0 Å². The van der Waals surface area contributed by atoms with Crippen LogP contribution in [0.15, 0.2) is 0 Å². The molecule has 8 nitrogen and oxygen atoms in total. The van der Waals surface area contributed by atoms with Crippen LogP contribution in [0.3, 0.4) is 0 Å². The van der Waals surface area contributed by atoms with Gasteiger partial charge in [-0.1, -0.05) is 19.8 Å². The number of aliphatic hydroxyl groups excluding tert-OH is 1. The monoisotopic (exact) mass is 320 g/mol. The average Bonchev–Trinajstić information content (AvgIpc) is 2.21. The van der Waals surface area contributed by atoms with Crippen molar-refractivity contribution in [1.29, 1.82) is 0 Å². The molecule has 2 atom stereocenters. The Bertz CT molecular complexity index is 423. The molecule has 0 spiro atoms. The number of unbranched alkanes of at least 4 members (excludes halogenated alkanes) is 1. The fourth-order valence-electron chi connectivity index (χ4n) is 1.59. The van der Waals surface area contributed by atoms with Gasteiger partial charge in [-0.15, -0.1) is 0 Å². The van der Waals surface area contributed by atoms with Crippen molar-refractivity contribution in [3.05, 3.63) is 0 Å². The highest BCUT2D eigenvalue weighted by Gasteiger charge is 2.43. The van der Waals surface area contributed by atoms with E-state index in [9.17, 15) is 16.8 Å². The number of hydrogen-bond donors (Lipinski definition) is 3. The van der Waals surface area contributed by atoms with E-state index in [1.54, 1.807) is 6.92 Å². The highest BCUT2D eigenvalue weighted by atomic mass is 32.3. The maximum absolute atomic E-state index is 11.0. The van der Waals surface area contributed by atoms with Gasteiger partial charge in [-0.3, -0.25) is 9.11 Å². The summed E-state index contributed by atoms with van der Waals surface area (Å²) in [4.78, 5) is 0. The molecule has 0 aliphatic rings. The molecular formula is C9H20O8S2. The molecule has 19 heavy (non-hydrogen) atoms. The predicted molar refractivity (Wildman–Crippen MR) is 67.8 cm³/mol. The number of ether oxygens (including phenoxy) is 1. The van der Waals surface area contributed by atoms with Crippen molar-refractivity contribution in [3.8, 4) is 0 Å². The molecule has 116 valence electrons. The molecule has 0 saturated carbocycles. The van der Waals surface area contributed by atoms with Gasteiger partial charge < -0.3 is 9.84 Å². The third-order valence-electron chi connectivity index (χ3n) is 2.44. The van der Waals surface area contributed by atoms with Crippen LogP contribution in [0.25, 0.3) is 0 Å². The van der Waals surface area contributed by atoms with Crippen molar-refractivity contribution in [1.82, 2.24) is 0 Å². The molecule has 0 aromatic carbocycles. The lowest BCUT2D eigenvalue weighted by molar-refractivity contribution is -0.0290. The van der Waals surface area contributed by atoms with Gasteiger partial charge in [0, 0.05) is 0 Å². The zero-order valence-corrected chi connectivity index (χ0v) is 12.4. The second-order valence-corrected chi connectivity index (χ2v) is 7.58. The highest BCUT2D eigenvalue weighted by Crippen LogP contribution is 2.18. The van der Waals surface area contributed by atoms with Crippen LogP contribution in [-0.2, 0) is 25.0 Å². The van der Waals surface area contributed by atoms with E-state index in [-0.39, 0.29) is 0 Å². The maximum Gasteiger partial charge on any atom is 0.287 e. The lowest BCUT2D eigenvalue weighted by Crippen LogP contribution is -2.45. The average molecular weight is 320 g/mol. The molecule has 0 aliphatic heterocycles. The zero-order chi connectivity index (χ0) is 15.3. The summed E-state index contributed by atoms with van der Waals surface area (Å²) < 4.78 is 64.2. The minimum Gasteiger partial charge on any atom is -0.394 e. The normalized spacial score (nSPS) is 16.5. The van der Waals surface area contributed by atoms with Crippen LogP contribution in [0.5, 0.6) is 0 Å². The van der Waals surface area contributed by atoms with Gasteiger partial charge in [0.25, 0.3) is 20.2 Å². The number of hydrogen-bond acceptors (Lipinski definition) is 6. The fraction of sp³-hybridized carbons (Fsp3) is 1.00. The van der Waals surface area contributed by atoms with E-state index < -0.39 is 43.6 Å². The molecule has 0 radical (unpaired) electrons. The van der Waals surface area contributed by atoms with E-state index in [0.29, 0.717) is 6.42 Å². The predicted octanol–water partition coefficient (Wildman–Crippen LogP) is 0.0443. The van der Waals surface area contributed by atoms with Crippen molar-refractivity contribution in [2.24, 2.45) is 0 Å². The molecule has 10 heteroatoms. The van der Waals surface area contributed by atoms with E-state index in [1.807, 2.05) is 6.92 Å². The van der Waals surface area contributed by atoms with Gasteiger partial charge in [0.1, 0.15) is 6.10 Å². The zero-order valence-electron chi connectivity index (χ0n) is 10.8. The molecule has 0 saturated heterocycles. The quantitative estimate of drug-likeness (QED) is 0.506. The Balaban J connectivity index is 5.08.